The number of rotatable bonds is 8. The van der Waals surface area contributed by atoms with E-state index in [1.165, 1.54) is 58.3 Å². The Morgan fingerprint density at radius 3 is 2.39 bits per heavy atom. The number of nitrogens with zero attached hydrogens (tertiary/aromatic N) is 2. The van der Waals surface area contributed by atoms with Gasteiger partial charge in [-0.1, -0.05) is 19.8 Å². The lowest BCUT2D eigenvalue weighted by Crippen LogP contribution is -2.44. The summed E-state index contributed by atoms with van der Waals surface area (Å²) in [6.07, 6.45) is 6.89. The van der Waals surface area contributed by atoms with Crippen molar-refractivity contribution in [2.45, 2.75) is 45.1 Å². The molecule has 0 aromatic rings. The van der Waals surface area contributed by atoms with E-state index >= 15 is 0 Å². The van der Waals surface area contributed by atoms with Crippen molar-refractivity contribution in [2.75, 3.05) is 47.3 Å². The van der Waals surface area contributed by atoms with E-state index in [9.17, 15) is 0 Å². The molecule has 108 valence electrons. The van der Waals surface area contributed by atoms with Crippen LogP contribution in [0.4, 0.5) is 0 Å². The quantitative estimate of drug-likeness (QED) is 0.716. The largest absolute Gasteiger partial charge is 0.317 e. The van der Waals surface area contributed by atoms with Crippen LogP contribution in [0.15, 0.2) is 0 Å². The van der Waals surface area contributed by atoms with Crippen LogP contribution >= 0.6 is 0 Å². The lowest BCUT2D eigenvalue weighted by molar-refractivity contribution is 0.162. The van der Waals surface area contributed by atoms with E-state index in [-0.39, 0.29) is 0 Å². The van der Waals surface area contributed by atoms with Crippen LogP contribution in [-0.4, -0.2) is 63.2 Å². The molecule has 2 unspecified atom stereocenters. The minimum Gasteiger partial charge on any atom is -0.317 e. The van der Waals surface area contributed by atoms with Crippen molar-refractivity contribution in [1.29, 1.82) is 0 Å². The van der Waals surface area contributed by atoms with Gasteiger partial charge in [-0.3, -0.25) is 0 Å². The van der Waals surface area contributed by atoms with Gasteiger partial charge < -0.3 is 15.1 Å². The summed E-state index contributed by atoms with van der Waals surface area (Å²) in [4.78, 5) is 4.96. The van der Waals surface area contributed by atoms with E-state index < -0.39 is 0 Å². The molecule has 0 aromatic carbocycles. The van der Waals surface area contributed by atoms with Crippen molar-refractivity contribution in [3.63, 3.8) is 0 Å². The first-order chi connectivity index (χ1) is 8.67. The van der Waals surface area contributed by atoms with Gasteiger partial charge in [0.2, 0.25) is 0 Å². The molecule has 0 bridgehead atoms. The van der Waals surface area contributed by atoms with E-state index in [0.717, 1.165) is 12.0 Å². The number of hydrogen-bond donors (Lipinski definition) is 1. The molecule has 3 heteroatoms. The van der Waals surface area contributed by atoms with Crippen molar-refractivity contribution in [1.82, 2.24) is 15.1 Å². The van der Waals surface area contributed by atoms with Crippen LogP contribution in [0.5, 0.6) is 0 Å². The Morgan fingerprint density at radius 2 is 1.78 bits per heavy atom. The molecule has 1 aliphatic rings. The van der Waals surface area contributed by atoms with E-state index in [2.05, 4.69) is 43.2 Å². The predicted octanol–water partition coefficient (Wildman–Crippen LogP) is 2.04. The average Bonchev–Trinajstić information content (AvgIpc) is 2.37. The Bertz CT molecular complexity index is 206. The summed E-state index contributed by atoms with van der Waals surface area (Å²) in [5.41, 5.74) is 0. The number of hydrogen-bond acceptors (Lipinski definition) is 3. The van der Waals surface area contributed by atoms with Gasteiger partial charge in [0, 0.05) is 25.7 Å². The van der Waals surface area contributed by atoms with Crippen molar-refractivity contribution < 1.29 is 0 Å². The Morgan fingerprint density at radius 1 is 1.06 bits per heavy atom. The third-order valence-electron chi connectivity index (χ3n) is 4.18. The average molecular weight is 255 g/mol. The maximum atomic E-state index is 3.53. The Labute approximate surface area is 114 Å². The maximum absolute atomic E-state index is 3.53. The Kier molecular flexibility index (Phi) is 7.87. The molecule has 1 saturated carbocycles. The molecule has 0 radical (unpaired) electrons. The lowest BCUT2D eigenvalue weighted by Gasteiger charge is -2.35. The van der Waals surface area contributed by atoms with Crippen LogP contribution in [0.2, 0.25) is 0 Å². The Hall–Kier alpha value is -0.120. The zero-order valence-electron chi connectivity index (χ0n) is 12.9. The van der Waals surface area contributed by atoms with Crippen LogP contribution in [-0.2, 0) is 0 Å². The number of nitrogens with one attached hydrogen (secondary N) is 1. The molecular weight excluding hydrogens is 222 g/mol. The first kappa shape index (κ1) is 15.9. The van der Waals surface area contributed by atoms with Crippen LogP contribution < -0.4 is 5.32 Å². The van der Waals surface area contributed by atoms with E-state index in [1.807, 2.05) is 0 Å². The van der Waals surface area contributed by atoms with Gasteiger partial charge in [0.05, 0.1) is 0 Å². The molecule has 1 N–H and O–H groups in total. The van der Waals surface area contributed by atoms with Gasteiger partial charge in [-0.25, -0.2) is 0 Å². The minimum atomic E-state index is 0.748. The van der Waals surface area contributed by atoms with Gasteiger partial charge in [-0.15, -0.1) is 0 Å². The van der Waals surface area contributed by atoms with Gasteiger partial charge in [0.1, 0.15) is 0 Å². The zero-order valence-corrected chi connectivity index (χ0v) is 12.9. The third-order valence-corrected chi connectivity index (χ3v) is 4.18. The smallest absolute Gasteiger partial charge is 0.0109 e. The van der Waals surface area contributed by atoms with Crippen molar-refractivity contribution in [3.8, 4) is 0 Å². The van der Waals surface area contributed by atoms with Gasteiger partial charge in [0.25, 0.3) is 0 Å². The summed E-state index contributed by atoms with van der Waals surface area (Å²) in [5.74, 6) is 0.859. The standard InChI is InChI=1S/C15H33N3/c1-5-10-18(12-11-17(3)4)13-14-8-6-7-9-15(14)16-2/h14-16H,5-13H2,1-4H3. The second-order valence-corrected chi connectivity index (χ2v) is 6.04. The topological polar surface area (TPSA) is 18.5 Å². The molecule has 1 fully saturated rings. The second kappa shape index (κ2) is 8.89. The Balaban J connectivity index is 2.41. The van der Waals surface area contributed by atoms with Crippen molar-refractivity contribution in [2.24, 2.45) is 5.92 Å². The fraction of sp³-hybridized carbons (Fsp3) is 1.00. The molecule has 18 heavy (non-hydrogen) atoms. The number of likely N-dealkylation sites (N-methyl/N-ethyl adjacent to an activating group) is 1. The first-order valence-corrected chi connectivity index (χ1v) is 7.71. The molecule has 0 spiro atoms. The SMILES string of the molecule is CCCN(CCN(C)C)CC1CCCCC1NC. The molecular formula is C15H33N3. The maximum Gasteiger partial charge on any atom is 0.0109 e. The summed E-state index contributed by atoms with van der Waals surface area (Å²) >= 11 is 0. The van der Waals surface area contributed by atoms with E-state index in [4.69, 9.17) is 0 Å². The lowest BCUT2D eigenvalue weighted by atomic mass is 9.84. The highest BCUT2D eigenvalue weighted by molar-refractivity contribution is 4.82. The third kappa shape index (κ3) is 5.68. The van der Waals surface area contributed by atoms with Crippen LogP contribution in [0, 0.1) is 5.92 Å². The highest BCUT2D eigenvalue weighted by Gasteiger charge is 2.25. The second-order valence-electron chi connectivity index (χ2n) is 6.04. The van der Waals surface area contributed by atoms with Crippen LogP contribution in [0.1, 0.15) is 39.0 Å². The van der Waals surface area contributed by atoms with Gasteiger partial charge in [-0.05, 0) is 52.9 Å². The summed E-state index contributed by atoms with van der Waals surface area (Å²) in [7, 11) is 6.47. The molecule has 0 saturated heterocycles. The predicted molar refractivity (Wildman–Crippen MR) is 80.1 cm³/mol. The van der Waals surface area contributed by atoms with Gasteiger partial charge in [-0.2, -0.15) is 0 Å². The summed E-state index contributed by atoms with van der Waals surface area (Å²) < 4.78 is 0. The van der Waals surface area contributed by atoms with Crippen LogP contribution in [0.25, 0.3) is 0 Å². The summed E-state index contributed by atoms with van der Waals surface area (Å²) in [6, 6.07) is 0.748. The van der Waals surface area contributed by atoms with Crippen LogP contribution in [0.3, 0.4) is 0 Å². The molecule has 0 heterocycles. The molecule has 2 atom stereocenters. The van der Waals surface area contributed by atoms with Crippen molar-refractivity contribution in [3.05, 3.63) is 0 Å². The highest BCUT2D eigenvalue weighted by Crippen LogP contribution is 2.25. The summed E-state index contributed by atoms with van der Waals surface area (Å²) in [5, 5.41) is 3.53. The van der Waals surface area contributed by atoms with Crippen molar-refractivity contribution >= 4 is 0 Å². The highest BCUT2D eigenvalue weighted by atomic mass is 15.2. The molecule has 1 rings (SSSR count). The first-order valence-electron chi connectivity index (χ1n) is 7.71. The molecule has 1 aliphatic carbocycles. The monoisotopic (exact) mass is 255 g/mol. The molecule has 0 aromatic heterocycles. The van der Waals surface area contributed by atoms with Gasteiger partial charge >= 0.3 is 0 Å². The van der Waals surface area contributed by atoms with E-state index in [0.29, 0.717) is 0 Å². The normalized spacial score (nSPS) is 25.0. The summed E-state index contributed by atoms with van der Waals surface area (Å²) in [6.45, 7) is 7.22. The molecule has 3 nitrogen and oxygen atoms in total. The van der Waals surface area contributed by atoms with E-state index in [1.54, 1.807) is 0 Å². The van der Waals surface area contributed by atoms with Gasteiger partial charge in [0.15, 0.2) is 0 Å². The zero-order chi connectivity index (χ0) is 13.4. The molecule has 0 amide bonds. The molecule has 0 aliphatic heterocycles. The fourth-order valence-corrected chi connectivity index (χ4v) is 3.09. The fourth-order valence-electron chi connectivity index (χ4n) is 3.09. The minimum absolute atomic E-state index is 0.748.